The third-order valence-electron chi connectivity index (χ3n) is 23.6. The summed E-state index contributed by atoms with van der Waals surface area (Å²) in [5.74, 6) is -14.2. The van der Waals surface area contributed by atoms with Gasteiger partial charge >= 0.3 is 18.0 Å². The number of fused-ring (bicyclic) bond motifs is 3. The summed E-state index contributed by atoms with van der Waals surface area (Å²) in [7, 11) is 3.70. The number of amides is 16. The molecule has 3 unspecified atom stereocenters. The molecule has 143 heavy (non-hydrogen) atoms. The van der Waals surface area contributed by atoms with Crippen molar-refractivity contribution in [2.45, 2.75) is 205 Å². The molecule has 5 aliphatic rings. The molecule has 23 N–H and O–H groups in total. The molecule has 0 bridgehead atoms. The molecular formula is C96H123IN20O24S2. The number of nitrogens with one attached hydrogen (secondary N) is 16. The summed E-state index contributed by atoms with van der Waals surface area (Å²) in [4.78, 5) is 255. The van der Waals surface area contributed by atoms with Crippen molar-refractivity contribution in [3.8, 4) is 28.2 Å². The number of halogens is 1. The van der Waals surface area contributed by atoms with Crippen LogP contribution in [0.2, 0.25) is 0 Å². The number of aromatic amines is 2. The van der Waals surface area contributed by atoms with E-state index < -0.39 is 204 Å². The minimum Gasteiger partial charge on any atom is -0.508 e. The van der Waals surface area contributed by atoms with E-state index in [0.717, 1.165) is 16.4 Å². The van der Waals surface area contributed by atoms with E-state index in [9.17, 15) is 112 Å². The Hall–Kier alpha value is -14.0. The first-order chi connectivity index (χ1) is 68.0. The number of aliphatic hydroxyl groups excluding tert-OH is 2. The van der Waals surface area contributed by atoms with Crippen molar-refractivity contribution in [3.63, 3.8) is 0 Å². The number of benzene rings is 4. The number of urea groups is 1. The zero-order valence-corrected chi connectivity index (χ0v) is 83.8. The van der Waals surface area contributed by atoms with Gasteiger partial charge in [-0.05, 0) is 138 Å². The lowest BCUT2D eigenvalue weighted by Crippen LogP contribution is -2.61. The highest BCUT2D eigenvalue weighted by molar-refractivity contribution is 14.1. The second-order valence-electron chi connectivity index (χ2n) is 35.8. The standard InChI is InChI=1S/C49H74IN11O13S2.C47H49N9O11/c1-8-25(6)40(48(73)54-31(41(51)66)11-23(2)3)60-45(70)34(15-28-18-52-22-53-28)56-46(71)36-21-76-75-20-26(7)49(74)61-19-29(62)16-37(61)47(72)58-33(14-27-9-10-38(63)30(50)13-27)43(68)57-35(17-39(64)65)44(69)55-32(12-24(4)5)42(67)59-36;1-48-44(62)36(24-39-49-18-19-50-39)56-45(63)35(20-27-8-4-2-5-9-27)55-42(61)26-53-41(60)25-52-40(59)10-6-3-7-17-51-47(66)54-28-11-14-31(34(21-28)46(64)65)43-32-15-12-29(57)22-37(32)67-38-23-30(58)13-16-33(38)43/h10,13,18,22-27,29,31-37,40,62-63H,8-9,11-12,14-17,19-21H2,1-7H3,(H2,51,66)(H,52,53)(H,54,73)(H,55,69)(H,56,71)(H,57,68)(H,58,72)(H,59,67)(H,60,70)(H,64,65);2,4-5,8-9,11-16,18-19,21-23,35-36,57H,3,6-7,10,17,20,24-26H2,1H3,(H,48,62)(H,49,50)(H,52,59)(H,53,60)(H,55,61)(H,56,63)(H,64,65)(H2,51,54,66)/t25?,26-,27?,29?,31-,32-,33-,34-,35-,36-,37-,40-;35-,36-/m00/s1. The number of hydrogen-bond acceptors (Lipinski definition) is 26. The lowest BCUT2D eigenvalue weighted by Gasteiger charge is -2.30. The van der Waals surface area contributed by atoms with Crippen LogP contribution >= 0.6 is 44.2 Å². The van der Waals surface area contributed by atoms with Gasteiger partial charge in [0.15, 0.2) is 5.43 Å². The zero-order chi connectivity index (χ0) is 104. The molecule has 2 saturated heterocycles. The number of phenolic OH excluding ortho intramolecular Hbond substituents is 1. The van der Waals surface area contributed by atoms with E-state index in [1.54, 1.807) is 108 Å². The van der Waals surface area contributed by atoms with Gasteiger partial charge < -0.3 is 125 Å². The number of rotatable bonds is 40. The zero-order valence-electron chi connectivity index (χ0n) is 80.0. The molecule has 10 rings (SSSR count). The number of allylic oxidation sites excluding steroid dienone is 3. The third-order valence-corrected chi connectivity index (χ3v) is 27.1. The number of phenols is 1. The molecule has 0 radical (unpaired) electrons. The van der Waals surface area contributed by atoms with Crippen LogP contribution in [0.3, 0.4) is 0 Å². The minimum absolute atomic E-state index is 0.0116. The van der Waals surface area contributed by atoms with Crippen LogP contribution in [0.5, 0.6) is 5.75 Å². The number of likely N-dealkylation sites (N-methyl/N-ethyl adjacent to an activating group) is 1. The number of anilines is 1. The highest BCUT2D eigenvalue weighted by Gasteiger charge is 2.44. The van der Waals surface area contributed by atoms with Gasteiger partial charge in [-0.2, -0.15) is 0 Å². The molecule has 5 heterocycles. The number of aromatic carboxylic acids is 1. The van der Waals surface area contributed by atoms with E-state index in [1.165, 1.54) is 71.8 Å². The van der Waals surface area contributed by atoms with Crippen LogP contribution in [-0.4, -0.2) is 262 Å². The first-order valence-electron chi connectivity index (χ1n) is 46.6. The molecule has 44 nitrogen and oxygen atoms in total. The Morgan fingerprint density at radius 3 is 2.01 bits per heavy atom. The van der Waals surface area contributed by atoms with Gasteiger partial charge in [0.2, 0.25) is 82.7 Å². The minimum atomic E-state index is -1.80. The van der Waals surface area contributed by atoms with Gasteiger partial charge in [-0.25, -0.2) is 19.6 Å². The fourth-order valence-electron chi connectivity index (χ4n) is 15.9. The van der Waals surface area contributed by atoms with E-state index in [1.807, 2.05) is 36.4 Å². The molecule has 0 spiro atoms. The number of carboxylic acids is 2. The maximum atomic E-state index is 14.6. The molecule has 3 aromatic carbocycles. The monoisotopic (exact) mass is 2130 g/mol. The fourth-order valence-corrected chi connectivity index (χ4v) is 19.2. The first kappa shape index (κ1) is 113. The van der Waals surface area contributed by atoms with Crippen molar-refractivity contribution in [3.05, 3.63) is 164 Å². The topological polar surface area (TPSA) is 677 Å². The lowest BCUT2D eigenvalue weighted by molar-refractivity contribution is -0.142. The van der Waals surface area contributed by atoms with Crippen LogP contribution < -0.4 is 85.6 Å². The molecule has 2 aliphatic carbocycles. The van der Waals surface area contributed by atoms with E-state index in [-0.39, 0.29) is 134 Å². The summed E-state index contributed by atoms with van der Waals surface area (Å²) in [6.45, 7) is 11.5. The molecule has 770 valence electrons. The second kappa shape index (κ2) is 54.9. The van der Waals surface area contributed by atoms with Crippen LogP contribution in [0.1, 0.15) is 147 Å². The Morgan fingerprint density at radius 2 is 1.34 bits per heavy atom. The summed E-state index contributed by atoms with van der Waals surface area (Å²) in [5, 5.41) is 88.3. The van der Waals surface area contributed by atoms with E-state index in [0.29, 0.717) is 62.9 Å². The first-order valence-corrected chi connectivity index (χ1v) is 50.2. The number of nitrogens with zero attached hydrogens (tertiary/aromatic N) is 3. The van der Waals surface area contributed by atoms with Crippen LogP contribution in [0.15, 0.2) is 141 Å². The molecule has 3 aliphatic heterocycles. The largest absolute Gasteiger partial charge is 0.508 e. The van der Waals surface area contributed by atoms with Gasteiger partial charge in [0.25, 0.3) is 0 Å². The van der Waals surface area contributed by atoms with Crippen molar-refractivity contribution in [1.82, 2.24) is 94.0 Å². The molecule has 0 saturated carbocycles. The van der Waals surface area contributed by atoms with Crippen molar-refractivity contribution < 1.29 is 111 Å². The number of aliphatic hydroxyl groups is 2. The average Bonchev–Trinajstić information content (AvgIpc) is 1.69. The summed E-state index contributed by atoms with van der Waals surface area (Å²) in [6, 6.07) is 8.30. The van der Waals surface area contributed by atoms with E-state index >= 15 is 0 Å². The van der Waals surface area contributed by atoms with Crippen molar-refractivity contribution in [1.29, 1.82) is 0 Å². The number of aromatic nitrogens is 4. The highest BCUT2D eigenvalue weighted by Crippen LogP contribution is 2.43. The van der Waals surface area contributed by atoms with Crippen molar-refractivity contribution in [2.75, 3.05) is 50.0 Å². The molecule has 2 fully saturated rings. The summed E-state index contributed by atoms with van der Waals surface area (Å²) in [6.07, 6.45) is 9.35. The third kappa shape index (κ3) is 34.7. The highest BCUT2D eigenvalue weighted by atomic mass is 127. The molecule has 47 heteroatoms. The number of aromatic hydroxyl groups is 1. The fraction of sp³-hybridized carbons (Fsp3) is 0.458. The SMILES string of the molecule is CCC(C)[C@H](NC(=O)[C@H](Cc1cnc[nH]1)NC(=O)[C@@H]1CSSC[C@H](C)C(=O)N2CC(O)C[C@H]2C(=O)N[C@@H](CC2C=C(I)C(O)=CC2)C(=O)N[C@@H](CC(=O)O)C(=O)N[C@@H](CC(C)C)C(=O)N1)C(=O)N[C@@H](CC(C)C)C(N)=O.CNC(=O)[C@H](Cc1ncc[nH]1)NC(=O)[C@H](Cc1ccccc1)NC(=O)CNC(=O)CNC(=O)CCCCCNC(=O)Nc1ccc(-c2c3ccc(=O)cc-3oc3cc(O)ccc23)c(C(=O)O)c1. The smallest absolute Gasteiger partial charge is 0.336 e. The maximum absolute atomic E-state index is 14.6. The molecule has 2 aromatic heterocycles. The predicted molar refractivity (Wildman–Crippen MR) is 536 cm³/mol. The van der Waals surface area contributed by atoms with Gasteiger partial charge in [0.1, 0.15) is 89.1 Å². The van der Waals surface area contributed by atoms with E-state index in [4.69, 9.17) is 10.2 Å². The number of carbonyl (C=O) groups is 17. The molecule has 14 atom stereocenters. The Labute approximate surface area is 844 Å². The number of H-pyrrole nitrogens is 2. The number of carbonyl (C=O) groups excluding carboxylic acids is 15. The number of carboxylic acid groups (broad SMARTS) is 2. The molecule has 5 aromatic rings. The van der Waals surface area contributed by atoms with Crippen LogP contribution in [0.25, 0.3) is 33.4 Å². The Balaban J connectivity index is 0.000000321. The Kier molecular flexibility index (Phi) is 43.2. The summed E-state index contributed by atoms with van der Waals surface area (Å²) in [5.41, 5.74) is 8.01. The number of primary amides is 1. The Morgan fingerprint density at radius 1 is 0.671 bits per heavy atom. The second-order valence-corrected chi connectivity index (χ2v) is 39.5. The summed E-state index contributed by atoms with van der Waals surface area (Å²) >= 11 is 1.91. The van der Waals surface area contributed by atoms with Crippen LogP contribution in [0, 0.1) is 29.6 Å². The quantitative estimate of drug-likeness (QED) is 0.0113. The van der Waals surface area contributed by atoms with Crippen molar-refractivity contribution in [2.24, 2.45) is 35.3 Å². The van der Waals surface area contributed by atoms with E-state index in [2.05, 4.69) is 94.4 Å². The number of hydrogen-bond donors (Lipinski definition) is 22. The molecule has 16 amide bonds. The number of unbranched alkanes of at least 4 members (excludes halogenated alkanes) is 2. The average molecular weight is 2130 g/mol. The lowest BCUT2D eigenvalue weighted by atomic mass is 9.90. The van der Waals surface area contributed by atoms with Gasteiger partial charge in [-0.3, -0.25) is 76.7 Å². The van der Waals surface area contributed by atoms with Crippen molar-refractivity contribution >= 4 is 162 Å². The molecular weight excluding hydrogens is 2010 g/mol. The summed E-state index contributed by atoms with van der Waals surface area (Å²) < 4.78 is 6.35. The van der Waals surface area contributed by atoms with Gasteiger partial charge in [0.05, 0.1) is 41.1 Å². The maximum Gasteiger partial charge on any atom is 0.336 e. The van der Waals surface area contributed by atoms with Gasteiger partial charge in [0, 0.05) is 128 Å². The van der Waals surface area contributed by atoms with Crippen LogP contribution in [-0.2, 0) is 91.2 Å². The number of aliphatic carboxylic acids is 1. The predicted octanol–water partition coefficient (Wildman–Crippen LogP) is 3.41. The van der Waals surface area contributed by atoms with Gasteiger partial charge in [-0.15, -0.1) is 0 Å². The van der Waals surface area contributed by atoms with Gasteiger partial charge in [-0.1, -0.05) is 125 Å². The number of nitrogens with two attached hydrogens (primary N) is 1. The number of imidazole rings is 2. The van der Waals surface area contributed by atoms with Crippen LogP contribution in [0.4, 0.5) is 10.5 Å². The Bertz CT molecular complexity index is 5790. The normalized spacial score (nSPS) is 19.3.